The lowest BCUT2D eigenvalue weighted by atomic mass is 10.0. The number of likely N-dealkylation sites (N-methyl/N-ethyl adjacent to an activating group) is 1. The second kappa shape index (κ2) is 12.2. The van der Waals surface area contributed by atoms with Crippen LogP contribution in [0.5, 0.6) is 0 Å². The monoisotopic (exact) mass is 382 g/mol. The van der Waals surface area contributed by atoms with E-state index in [1.54, 1.807) is 0 Å². The lowest BCUT2D eigenvalue weighted by Crippen LogP contribution is -2.41. The van der Waals surface area contributed by atoms with Crippen LogP contribution in [0.25, 0.3) is 0 Å². The number of hydrogen-bond acceptors (Lipinski definition) is 3. The van der Waals surface area contributed by atoms with Crippen LogP contribution in [0.1, 0.15) is 30.9 Å². The van der Waals surface area contributed by atoms with Gasteiger partial charge in [-0.1, -0.05) is 60.7 Å². The zero-order chi connectivity index (χ0) is 20.2. The third-order valence-corrected chi connectivity index (χ3v) is 4.89. The van der Waals surface area contributed by atoms with Gasteiger partial charge in [-0.2, -0.15) is 0 Å². The number of benzene rings is 2. The summed E-state index contributed by atoms with van der Waals surface area (Å²) >= 11 is 0. The van der Waals surface area contributed by atoms with Crippen LogP contribution in [0, 0.1) is 0 Å². The Morgan fingerprint density at radius 1 is 1.04 bits per heavy atom. The molecule has 0 aliphatic rings. The fourth-order valence-corrected chi connectivity index (χ4v) is 2.96. The van der Waals surface area contributed by atoms with E-state index in [1.165, 1.54) is 5.56 Å². The summed E-state index contributed by atoms with van der Waals surface area (Å²) in [6.45, 7) is 7.40. The van der Waals surface area contributed by atoms with Gasteiger partial charge in [0.15, 0.2) is 5.96 Å². The molecule has 0 fully saturated rings. The van der Waals surface area contributed by atoms with Crippen molar-refractivity contribution in [3.63, 3.8) is 0 Å². The largest absolute Gasteiger partial charge is 0.396 e. The van der Waals surface area contributed by atoms with Crippen LogP contribution in [-0.4, -0.2) is 55.3 Å². The fraction of sp³-hybridized carbons (Fsp3) is 0.435. The van der Waals surface area contributed by atoms with E-state index in [0.717, 1.165) is 24.6 Å². The first kappa shape index (κ1) is 21.9. The maximum atomic E-state index is 9.75. The minimum atomic E-state index is 0.0447. The predicted octanol–water partition coefficient (Wildman–Crippen LogP) is 2.84. The van der Waals surface area contributed by atoms with Crippen LogP contribution in [0.2, 0.25) is 0 Å². The van der Waals surface area contributed by atoms with Crippen molar-refractivity contribution >= 4 is 5.96 Å². The Kier molecular flexibility index (Phi) is 9.52. The van der Waals surface area contributed by atoms with Crippen molar-refractivity contribution in [2.75, 3.05) is 33.3 Å². The molecule has 152 valence electrons. The smallest absolute Gasteiger partial charge is 0.191 e. The summed E-state index contributed by atoms with van der Waals surface area (Å²) in [6, 6.07) is 20.9. The van der Waals surface area contributed by atoms with Gasteiger partial charge in [0.25, 0.3) is 0 Å². The Balaban J connectivity index is 1.89. The molecule has 5 nitrogen and oxygen atoms in total. The van der Waals surface area contributed by atoms with E-state index >= 15 is 0 Å². The first-order valence-electron chi connectivity index (χ1n) is 10.1. The van der Waals surface area contributed by atoms with E-state index in [2.05, 4.69) is 60.7 Å². The van der Waals surface area contributed by atoms with E-state index in [1.807, 2.05) is 36.4 Å². The van der Waals surface area contributed by atoms with E-state index in [0.29, 0.717) is 19.1 Å². The van der Waals surface area contributed by atoms with Crippen LogP contribution in [-0.2, 0) is 6.54 Å². The van der Waals surface area contributed by atoms with Gasteiger partial charge in [0.1, 0.15) is 0 Å². The maximum Gasteiger partial charge on any atom is 0.191 e. The number of rotatable bonds is 10. The molecule has 0 aromatic heterocycles. The second-order valence-electron chi connectivity index (χ2n) is 7.14. The van der Waals surface area contributed by atoms with Gasteiger partial charge in [-0.15, -0.1) is 0 Å². The molecular formula is C23H34N4O. The SMILES string of the molecule is CCNC(=NCC(C)N(C)Cc1ccccc1)NCC(CO)c1ccccc1. The minimum Gasteiger partial charge on any atom is -0.396 e. The summed E-state index contributed by atoms with van der Waals surface area (Å²) in [5.41, 5.74) is 2.43. The molecule has 5 heteroatoms. The van der Waals surface area contributed by atoms with Crippen molar-refractivity contribution < 1.29 is 5.11 Å². The van der Waals surface area contributed by atoms with Crippen LogP contribution in [0.15, 0.2) is 65.7 Å². The fourth-order valence-electron chi connectivity index (χ4n) is 2.96. The number of aliphatic hydroxyl groups excluding tert-OH is 1. The molecule has 0 spiro atoms. The van der Waals surface area contributed by atoms with Crippen molar-refractivity contribution in [2.45, 2.75) is 32.4 Å². The molecule has 2 rings (SSSR count). The normalized spacial score (nSPS) is 14.0. The maximum absolute atomic E-state index is 9.75. The highest BCUT2D eigenvalue weighted by Crippen LogP contribution is 2.13. The Morgan fingerprint density at radius 2 is 1.68 bits per heavy atom. The van der Waals surface area contributed by atoms with Gasteiger partial charge in [0, 0.05) is 31.6 Å². The molecule has 0 saturated heterocycles. The summed E-state index contributed by atoms with van der Waals surface area (Å²) in [5.74, 6) is 0.833. The number of nitrogens with one attached hydrogen (secondary N) is 2. The Morgan fingerprint density at radius 3 is 2.29 bits per heavy atom. The summed E-state index contributed by atoms with van der Waals surface area (Å²) in [7, 11) is 2.13. The highest BCUT2D eigenvalue weighted by Gasteiger charge is 2.12. The summed E-state index contributed by atoms with van der Waals surface area (Å²) < 4.78 is 0. The van der Waals surface area contributed by atoms with E-state index in [4.69, 9.17) is 4.99 Å². The summed E-state index contributed by atoms with van der Waals surface area (Å²) in [5, 5.41) is 16.4. The zero-order valence-electron chi connectivity index (χ0n) is 17.3. The third kappa shape index (κ3) is 7.33. The van der Waals surface area contributed by atoms with Crippen LogP contribution in [0.4, 0.5) is 0 Å². The van der Waals surface area contributed by atoms with Crippen LogP contribution in [0.3, 0.4) is 0 Å². The molecule has 0 bridgehead atoms. The van der Waals surface area contributed by atoms with Crippen molar-refractivity contribution in [1.29, 1.82) is 0 Å². The molecular weight excluding hydrogens is 348 g/mol. The molecule has 0 radical (unpaired) electrons. The van der Waals surface area contributed by atoms with Gasteiger partial charge < -0.3 is 15.7 Å². The molecule has 3 N–H and O–H groups in total. The number of nitrogens with zero attached hydrogens (tertiary/aromatic N) is 2. The standard InChI is InChI=1S/C23H34N4O/c1-4-24-23(26-16-22(18-28)21-13-9-6-10-14-21)25-15-19(2)27(3)17-20-11-7-5-8-12-20/h5-14,19,22,28H,4,15-18H2,1-3H3,(H2,24,25,26). The molecule has 28 heavy (non-hydrogen) atoms. The van der Waals surface area contributed by atoms with E-state index in [-0.39, 0.29) is 12.5 Å². The zero-order valence-corrected chi connectivity index (χ0v) is 17.3. The first-order valence-corrected chi connectivity index (χ1v) is 10.1. The quantitative estimate of drug-likeness (QED) is 0.437. The molecule has 0 aliphatic heterocycles. The van der Waals surface area contributed by atoms with Crippen LogP contribution >= 0.6 is 0 Å². The molecule has 0 saturated carbocycles. The van der Waals surface area contributed by atoms with Crippen LogP contribution < -0.4 is 10.6 Å². The number of aliphatic imine (C=N–C) groups is 1. The molecule has 2 unspecified atom stereocenters. The second-order valence-corrected chi connectivity index (χ2v) is 7.14. The Bertz CT molecular complexity index is 690. The molecule has 2 atom stereocenters. The van der Waals surface area contributed by atoms with Gasteiger partial charge in [-0.05, 0) is 32.0 Å². The molecule has 2 aromatic carbocycles. The van der Waals surface area contributed by atoms with Crippen molar-refractivity contribution in [2.24, 2.45) is 4.99 Å². The van der Waals surface area contributed by atoms with Gasteiger partial charge in [0.2, 0.25) is 0 Å². The van der Waals surface area contributed by atoms with E-state index in [9.17, 15) is 5.11 Å². The van der Waals surface area contributed by atoms with Crippen molar-refractivity contribution in [3.05, 3.63) is 71.8 Å². The molecule has 0 heterocycles. The lowest BCUT2D eigenvalue weighted by Gasteiger charge is -2.24. The summed E-state index contributed by atoms with van der Waals surface area (Å²) in [6.07, 6.45) is 0. The average Bonchev–Trinajstić information content (AvgIpc) is 2.73. The molecule has 2 aromatic rings. The van der Waals surface area contributed by atoms with Gasteiger partial charge >= 0.3 is 0 Å². The van der Waals surface area contributed by atoms with Gasteiger partial charge in [0.05, 0.1) is 13.2 Å². The molecule has 0 aliphatic carbocycles. The lowest BCUT2D eigenvalue weighted by molar-refractivity contribution is 0.254. The number of hydrogen-bond donors (Lipinski definition) is 3. The Labute approximate surface area is 169 Å². The molecule has 0 amide bonds. The van der Waals surface area contributed by atoms with Gasteiger partial charge in [-0.3, -0.25) is 9.89 Å². The third-order valence-electron chi connectivity index (χ3n) is 4.89. The van der Waals surface area contributed by atoms with Crippen molar-refractivity contribution in [3.8, 4) is 0 Å². The topological polar surface area (TPSA) is 59.9 Å². The van der Waals surface area contributed by atoms with Gasteiger partial charge in [-0.25, -0.2) is 0 Å². The summed E-state index contributed by atoms with van der Waals surface area (Å²) in [4.78, 5) is 7.06. The highest BCUT2D eigenvalue weighted by molar-refractivity contribution is 5.79. The van der Waals surface area contributed by atoms with E-state index < -0.39 is 0 Å². The first-order chi connectivity index (χ1) is 13.6. The average molecular weight is 383 g/mol. The number of guanidine groups is 1. The Hall–Kier alpha value is -2.37. The highest BCUT2D eigenvalue weighted by atomic mass is 16.3. The van der Waals surface area contributed by atoms with Crippen molar-refractivity contribution in [1.82, 2.24) is 15.5 Å². The predicted molar refractivity (Wildman–Crippen MR) is 118 cm³/mol. The number of aliphatic hydroxyl groups is 1. The minimum absolute atomic E-state index is 0.0447.